The Kier molecular flexibility index (Phi) is 8.29. The van der Waals surface area contributed by atoms with Crippen LogP contribution in [0, 0.1) is 11.2 Å². The fourth-order valence-corrected chi connectivity index (χ4v) is 4.05. The number of nitrogens with zero attached hydrogens (tertiary/aromatic N) is 1. The molecule has 0 N–H and O–H groups in total. The van der Waals surface area contributed by atoms with Crippen molar-refractivity contribution >= 4 is 16.0 Å². The van der Waals surface area contributed by atoms with E-state index in [1.807, 2.05) is 34.6 Å². The summed E-state index contributed by atoms with van der Waals surface area (Å²) in [5, 5.41) is 0. The van der Waals surface area contributed by atoms with Crippen LogP contribution in [0.15, 0.2) is 47.4 Å². The Morgan fingerprint density at radius 2 is 1.72 bits per heavy atom. The second kappa shape index (κ2) is 10.3. The van der Waals surface area contributed by atoms with Crippen LogP contribution >= 0.6 is 0 Å². The third kappa shape index (κ3) is 6.95. The summed E-state index contributed by atoms with van der Waals surface area (Å²) < 4.78 is 49.1. The van der Waals surface area contributed by atoms with Crippen molar-refractivity contribution in [2.75, 3.05) is 7.11 Å². The predicted octanol–water partition coefficient (Wildman–Crippen LogP) is 5.17. The lowest BCUT2D eigenvalue weighted by Crippen LogP contribution is -2.39. The molecule has 0 aliphatic rings. The zero-order valence-electron chi connectivity index (χ0n) is 19.5. The average Bonchev–Trinajstić information content (AvgIpc) is 2.70. The average molecular weight is 466 g/mol. The Morgan fingerprint density at radius 3 is 2.25 bits per heavy atom. The third-order valence-corrected chi connectivity index (χ3v) is 6.26. The van der Waals surface area contributed by atoms with E-state index in [4.69, 9.17) is 8.92 Å². The van der Waals surface area contributed by atoms with Gasteiger partial charge in [0.05, 0.1) is 7.11 Å². The van der Waals surface area contributed by atoms with E-state index in [1.54, 1.807) is 23.1 Å². The lowest BCUT2D eigenvalue weighted by atomic mass is 9.91. The summed E-state index contributed by atoms with van der Waals surface area (Å²) in [6.45, 7) is 10.3. The van der Waals surface area contributed by atoms with Crippen molar-refractivity contribution in [3.8, 4) is 11.5 Å². The van der Waals surface area contributed by atoms with E-state index < -0.39 is 15.9 Å². The zero-order valence-corrected chi connectivity index (χ0v) is 20.3. The summed E-state index contributed by atoms with van der Waals surface area (Å²) >= 11 is 0. The molecule has 176 valence electrons. The van der Waals surface area contributed by atoms with Crippen molar-refractivity contribution < 1.29 is 26.5 Å². The summed E-state index contributed by atoms with van der Waals surface area (Å²) in [5.41, 5.74) is 0.554. The molecule has 2 rings (SSSR count). The van der Waals surface area contributed by atoms with Crippen LogP contribution in [-0.4, -0.2) is 32.4 Å². The molecular formula is C24H32FNO5S. The van der Waals surface area contributed by atoms with Crippen molar-refractivity contribution in [1.82, 2.24) is 4.90 Å². The van der Waals surface area contributed by atoms with Crippen LogP contribution in [0.4, 0.5) is 4.39 Å². The highest BCUT2D eigenvalue weighted by molar-refractivity contribution is 7.87. The highest BCUT2D eigenvalue weighted by Gasteiger charge is 2.25. The number of hydrogen-bond acceptors (Lipinski definition) is 5. The Bertz CT molecular complexity index is 1030. The van der Waals surface area contributed by atoms with Gasteiger partial charge < -0.3 is 13.8 Å². The van der Waals surface area contributed by atoms with E-state index in [0.29, 0.717) is 18.5 Å². The lowest BCUT2D eigenvalue weighted by Gasteiger charge is -2.31. The van der Waals surface area contributed by atoms with Crippen molar-refractivity contribution in [1.29, 1.82) is 0 Å². The summed E-state index contributed by atoms with van der Waals surface area (Å²) in [6.07, 6.45) is 1.18. The van der Waals surface area contributed by atoms with Crippen molar-refractivity contribution in [3.63, 3.8) is 0 Å². The molecule has 0 aliphatic heterocycles. The molecule has 2 aromatic carbocycles. The number of hydrogen-bond donors (Lipinski definition) is 0. The topological polar surface area (TPSA) is 72.9 Å². The molecule has 0 saturated heterocycles. The lowest BCUT2D eigenvalue weighted by molar-refractivity contribution is -0.135. The van der Waals surface area contributed by atoms with Gasteiger partial charge in [0.15, 0.2) is 11.5 Å². The van der Waals surface area contributed by atoms with Crippen LogP contribution in [0.1, 0.15) is 53.0 Å². The van der Waals surface area contributed by atoms with E-state index in [2.05, 4.69) is 0 Å². The molecule has 0 bridgehead atoms. The minimum Gasteiger partial charge on any atom is -0.493 e. The van der Waals surface area contributed by atoms with Gasteiger partial charge in [-0.15, -0.1) is 0 Å². The van der Waals surface area contributed by atoms with Crippen LogP contribution in [0.2, 0.25) is 0 Å². The number of carbonyl (C=O) groups excluding carboxylic acids is 1. The number of methoxy groups -OCH3 is 1. The maximum atomic E-state index is 13.2. The smallest absolute Gasteiger partial charge is 0.339 e. The first-order valence-electron chi connectivity index (χ1n) is 10.5. The van der Waals surface area contributed by atoms with Gasteiger partial charge in [0.1, 0.15) is 10.7 Å². The molecule has 0 heterocycles. The molecule has 1 amide bonds. The molecule has 0 aromatic heterocycles. The van der Waals surface area contributed by atoms with Crippen molar-refractivity contribution in [2.24, 2.45) is 5.41 Å². The Labute approximate surface area is 190 Å². The fourth-order valence-electron chi connectivity index (χ4n) is 3.11. The van der Waals surface area contributed by atoms with E-state index in [1.165, 1.54) is 7.11 Å². The summed E-state index contributed by atoms with van der Waals surface area (Å²) in [6, 6.07) is 9.32. The second-order valence-electron chi connectivity index (χ2n) is 8.99. The molecule has 1 unspecified atom stereocenters. The van der Waals surface area contributed by atoms with E-state index in [9.17, 15) is 17.6 Å². The SMILES string of the molecule is CCC(C)N(Cc1ccc(OC)c(OS(=O)(=O)c2ccc(F)cc2)c1)C(=O)CC(C)(C)C. The normalized spacial score (nSPS) is 12.8. The van der Waals surface area contributed by atoms with Gasteiger partial charge in [0.2, 0.25) is 5.91 Å². The van der Waals surface area contributed by atoms with Crippen LogP contribution in [-0.2, 0) is 21.5 Å². The third-order valence-electron chi connectivity index (χ3n) is 5.01. The molecule has 2 aromatic rings. The number of ether oxygens (including phenoxy) is 1. The van der Waals surface area contributed by atoms with Gasteiger partial charge >= 0.3 is 10.1 Å². The maximum Gasteiger partial charge on any atom is 0.339 e. The molecule has 32 heavy (non-hydrogen) atoms. The molecule has 0 fully saturated rings. The first-order valence-corrected chi connectivity index (χ1v) is 11.9. The van der Waals surface area contributed by atoms with E-state index in [0.717, 1.165) is 30.7 Å². The van der Waals surface area contributed by atoms with Gasteiger partial charge in [-0.05, 0) is 60.7 Å². The first kappa shape index (κ1) is 25.6. The minimum atomic E-state index is -4.20. The van der Waals surface area contributed by atoms with E-state index >= 15 is 0 Å². The first-order chi connectivity index (χ1) is 14.9. The number of benzene rings is 2. The monoisotopic (exact) mass is 465 g/mol. The van der Waals surface area contributed by atoms with Crippen molar-refractivity contribution in [2.45, 2.75) is 64.9 Å². The summed E-state index contributed by atoms with van der Waals surface area (Å²) in [4.78, 5) is 14.6. The van der Waals surface area contributed by atoms with Crippen LogP contribution in [0.3, 0.4) is 0 Å². The van der Waals surface area contributed by atoms with E-state index in [-0.39, 0.29) is 33.8 Å². The van der Waals surface area contributed by atoms with Crippen molar-refractivity contribution in [3.05, 3.63) is 53.8 Å². The quantitative estimate of drug-likeness (QED) is 0.478. The molecule has 0 radical (unpaired) electrons. The largest absolute Gasteiger partial charge is 0.493 e. The standard InChI is InChI=1S/C24H32FNO5S/c1-7-17(2)26(23(27)15-24(3,4)5)16-18-8-13-21(30-6)22(14-18)31-32(28,29)20-11-9-19(25)10-12-20/h8-14,17H,7,15-16H2,1-6H3. The fraction of sp³-hybridized carbons (Fsp3) is 0.458. The van der Waals surface area contributed by atoms with Crippen LogP contribution < -0.4 is 8.92 Å². The van der Waals surface area contributed by atoms with Gasteiger partial charge in [-0.3, -0.25) is 4.79 Å². The summed E-state index contributed by atoms with van der Waals surface area (Å²) in [7, 11) is -2.79. The zero-order chi connectivity index (χ0) is 24.1. The molecule has 0 spiro atoms. The highest BCUT2D eigenvalue weighted by atomic mass is 32.2. The number of amides is 1. The van der Waals surface area contributed by atoms with Gasteiger partial charge in [-0.2, -0.15) is 8.42 Å². The molecule has 0 saturated carbocycles. The van der Waals surface area contributed by atoms with Crippen LogP contribution in [0.5, 0.6) is 11.5 Å². The Morgan fingerprint density at radius 1 is 1.09 bits per heavy atom. The summed E-state index contributed by atoms with van der Waals surface area (Å²) in [5.74, 6) is -0.283. The predicted molar refractivity (Wildman–Crippen MR) is 122 cm³/mol. The maximum absolute atomic E-state index is 13.2. The minimum absolute atomic E-state index is 0.00157. The van der Waals surface area contributed by atoms with Gasteiger partial charge in [0.25, 0.3) is 0 Å². The number of halogens is 1. The van der Waals surface area contributed by atoms with Crippen LogP contribution in [0.25, 0.3) is 0 Å². The second-order valence-corrected chi connectivity index (χ2v) is 10.5. The van der Waals surface area contributed by atoms with Gasteiger partial charge in [-0.25, -0.2) is 4.39 Å². The molecular weight excluding hydrogens is 433 g/mol. The molecule has 6 nitrogen and oxygen atoms in total. The number of carbonyl (C=O) groups is 1. The van der Waals surface area contributed by atoms with Gasteiger partial charge in [0, 0.05) is 19.0 Å². The highest BCUT2D eigenvalue weighted by Crippen LogP contribution is 2.32. The molecule has 1 atom stereocenters. The Hall–Kier alpha value is -2.61. The van der Waals surface area contributed by atoms with Gasteiger partial charge in [-0.1, -0.05) is 33.8 Å². The number of rotatable bonds is 9. The molecule has 0 aliphatic carbocycles. The molecule has 8 heteroatoms. The Balaban J connectivity index is 2.35.